The zero-order valence-corrected chi connectivity index (χ0v) is 6.50. The van der Waals surface area contributed by atoms with Crippen LogP contribution in [0.15, 0.2) is 16.1 Å². The molecule has 0 unspecified atom stereocenters. The SMILES string of the molecule is C=NC(=CSC)C(=O)Cl. The highest BCUT2D eigenvalue weighted by atomic mass is 35.5. The molecule has 50 valence electrons. The summed E-state index contributed by atoms with van der Waals surface area (Å²) in [7, 11) is 0. The minimum absolute atomic E-state index is 0.198. The summed E-state index contributed by atoms with van der Waals surface area (Å²) in [5.74, 6) is 0. The molecule has 0 aliphatic heterocycles. The Bertz CT molecular complexity index is 155. The van der Waals surface area contributed by atoms with E-state index in [9.17, 15) is 4.79 Å². The zero-order chi connectivity index (χ0) is 7.28. The van der Waals surface area contributed by atoms with Crippen molar-refractivity contribution in [1.82, 2.24) is 0 Å². The van der Waals surface area contributed by atoms with Gasteiger partial charge >= 0.3 is 0 Å². The molecule has 0 amide bonds. The number of thioether (sulfide) groups is 1. The molecule has 9 heavy (non-hydrogen) atoms. The van der Waals surface area contributed by atoms with E-state index in [1.54, 1.807) is 5.41 Å². The molecule has 0 N–H and O–H groups in total. The minimum Gasteiger partial charge on any atom is -0.274 e. The Labute approximate surface area is 63.0 Å². The summed E-state index contributed by atoms with van der Waals surface area (Å²) in [5, 5.41) is 0.974. The maximum atomic E-state index is 10.3. The second kappa shape index (κ2) is 4.58. The fourth-order valence-electron chi connectivity index (χ4n) is 0.257. The number of carbonyl (C=O) groups excluding carboxylic acids is 1. The number of rotatable bonds is 3. The molecule has 2 nitrogen and oxygen atoms in total. The molecule has 0 aromatic rings. The first-order valence-corrected chi connectivity index (χ1v) is 3.78. The van der Waals surface area contributed by atoms with E-state index in [0.29, 0.717) is 0 Å². The van der Waals surface area contributed by atoms with Gasteiger partial charge in [0.15, 0.2) is 0 Å². The topological polar surface area (TPSA) is 29.4 Å². The van der Waals surface area contributed by atoms with Crippen molar-refractivity contribution in [2.24, 2.45) is 4.99 Å². The molecular formula is C5H6ClNOS. The van der Waals surface area contributed by atoms with E-state index in [-0.39, 0.29) is 5.70 Å². The van der Waals surface area contributed by atoms with Gasteiger partial charge in [-0.05, 0) is 24.6 Å². The summed E-state index contributed by atoms with van der Waals surface area (Å²) in [6.07, 6.45) is 1.81. The fourth-order valence-corrected chi connectivity index (χ4v) is 0.841. The maximum Gasteiger partial charge on any atom is 0.271 e. The van der Waals surface area contributed by atoms with Gasteiger partial charge in [-0.2, -0.15) is 0 Å². The van der Waals surface area contributed by atoms with Gasteiger partial charge < -0.3 is 0 Å². The van der Waals surface area contributed by atoms with Crippen molar-refractivity contribution in [2.45, 2.75) is 0 Å². The summed E-state index contributed by atoms with van der Waals surface area (Å²) >= 11 is 6.43. The zero-order valence-electron chi connectivity index (χ0n) is 4.93. The largest absolute Gasteiger partial charge is 0.274 e. The second-order valence-electron chi connectivity index (χ2n) is 1.17. The predicted octanol–water partition coefficient (Wildman–Crippen LogP) is 1.66. The van der Waals surface area contributed by atoms with E-state index in [0.717, 1.165) is 0 Å². The Balaban J connectivity index is 4.14. The Hall–Kier alpha value is -0.280. The molecule has 0 aliphatic rings. The van der Waals surface area contributed by atoms with Crippen molar-refractivity contribution in [3.8, 4) is 0 Å². The second-order valence-corrected chi connectivity index (χ2v) is 2.22. The normalized spacial score (nSPS) is 11.1. The van der Waals surface area contributed by atoms with Gasteiger partial charge in [0.2, 0.25) is 0 Å². The quantitative estimate of drug-likeness (QED) is 0.360. The molecule has 0 atom stereocenters. The van der Waals surface area contributed by atoms with Crippen LogP contribution in [0.25, 0.3) is 0 Å². The molecule has 0 saturated carbocycles. The summed E-state index contributed by atoms with van der Waals surface area (Å²) in [6, 6.07) is 0. The first kappa shape index (κ1) is 8.72. The fraction of sp³-hybridized carbons (Fsp3) is 0.200. The molecule has 4 heteroatoms. The summed E-state index contributed by atoms with van der Waals surface area (Å²) in [5.41, 5.74) is 0.198. The van der Waals surface area contributed by atoms with Crippen molar-refractivity contribution in [1.29, 1.82) is 0 Å². The molecule has 0 rings (SSSR count). The van der Waals surface area contributed by atoms with Crippen LogP contribution in [0, 0.1) is 0 Å². The average Bonchev–Trinajstić information content (AvgIpc) is 1.82. The van der Waals surface area contributed by atoms with Crippen LogP contribution in [0.2, 0.25) is 0 Å². The molecular weight excluding hydrogens is 158 g/mol. The van der Waals surface area contributed by atoms with E-state index in [4.69, 9.17) is 11.6 Å². The van der Waals surface area contributed by atoms with Crippen LogP contribution < -0.4 is 0 Å². The Morgan fingerprint density at radius 2 is 2.44 bits per heavy atom. The van der Waals surface area contributed by atoms with Crippen molar-refractivity contribution in [2.75, 3.05) is 6.26 Å². The number of hydrogen-bond donors (Lipinski definition) is 0. The van der Waals surface area contributed by atoms with Gasteiger partial charge in [0.05, 0.1) is 0 Å². The number of allylic oxidation sites excluding steroid dienone is 1. The third-order valence-corrected chi connectivity index (χ3v) is 1.25. The standard InChI is InChI=1S/C5H6ClNOS/c1-7-4(3-9-2)5(6)8/h3H,1H2,2H3. The van der Waals surface area contributed by atoms with Crippen LogP contribution in [-0.2, 0) is 4.79 Å². The molecule has 0 heterocycles. The molecule has 0 saturated heterocycles. The van der Waals surface area contributed by atoms with Crippen LogP contribution in [-0.4, -0.2) is 18.2 Å². The van der Waals surface area contributed by atoms with Crippen LogP contribution in [0.3, 0.4) is 0 Å². The van der Waals surface area contributed by atoms with E-state index in [1.165, 1.54) is 11.8 Å². The van der Waals surface area contributed by atoms with Crippen LogP contribution in [0.4, 0.5) is 0 Å². The van der Waals surface area contributed by atoms with E-state index < -0.39 is 5.24 Å². The summed E-state index contributed by atoms with van der Waals surface area (Å²) in [4.78, 5) is 13.7. The number of halogens is 1. The van der Waals surface area contributed by atoms with Crippen molar-refractivity contribution >= 4 is 35.3 Å². The van der Waals surface area contributed by atoms with Gasteiger partial charge in [0.1, 0.15) is 5.70 Å². The molecule has 0 radical (unpaired) electrons. The Morgan fingerprint density at radius 1 is 1.89 bits per heavy atom. The number of hydrogen-bond acceptors (Lipinski definition) is 3. The smallest absolute Gasteiger partial charge is 0.271 e. The maximum absolute atomic E-state index is 10.3. The highest BCUT2D eigenvalue weighted by Gasteiger charge is 1.99. The molecule has 0 aromatic carbocycles. The number of carbonyl (C=O) groups is 1. The van der Waals surface area contributed by atoms with Gasteiger partial charge in [0, 0.05) is 5.41 Å². The lowest BCUT2D eigenvalue weighted by molar-refractivity contribution is -0.108. The van der Waals surface area contributed by atoms with Gasteiger partial charge in [-0.3, -0.25) is 9.79 Å². The Kier molecular flexibility index (Phi) is 4.44. The van der Waals surface area contributed by atoms with Gasteiger partial charge in [-0.25, -0.2) is 0 Å². The van der Waals surface area contributed by atoms with Crippen LogP contribution in [0.1, 0.15) is 0 Å². The lowest BCUT2D eigenvalue weighted by atomic mass is 10.6. The molecule has 0 aromatic heterocycles. The van der Waals surface area contributed by atoms with Gasteiger partial charge in [-0.15, -0.1) is 11.8 Å². The summed E-state index contributed by atoms with van der Waals surface area (Å²) in [6.45, 7) is 3.16. The lowest BCUT2D eigenvalue weighted by Gasteiger charge is -1.87. The van der Waals surface area contributed by atoms with Gasteiger partial charge in [-0.1, -0.05) is 0 Å². The minimum atomic E-state index is -0.570. The van der Waals surface area contributed by atoms with Crippen LogP contribution >= 0.6 is 23.4 Å². The van der Waals surface area contributed by atoms with E-state index in [1.807, 2.05) is 6.26 Å². The highest BCUT2D eigenvalue weighted by Crippen LogP contribution is 2.06. The highest BCUT2D eigenvalue weighted by molar-refractivity contribution is 8.01. The third-order valence-electron chi connectivity index (χ3n) is 0.601. The average molecular weight is 164 g/mol. The van der Waals surface area contributed by atoms with Gasteiger partial charge in [0.25, 0.3) is 5.24 Å². The molecule has 0 aliphatic carbocycles. The van der Waals surface area contributed by atoms with Crippen LogP contribution in [0.5, 0.6) is 0 Å². The summed E-state index contributed by atoms with van der Waals surface area (Å²) < 4.78 is 0. The van der Waals surface area contributed by atoms with Crippen molar-refractivity contribution < 1.29 is 4.79 Å². The van der Waals surface area contributed by atoms with Crippen molar-refractivity contribution in [3.63, 3.8) is 0 Å². The van der Waals surface area contributed by atoms with Crippen molar-refractivity contribution in [3.05, 3.63) is 11.1 Å². The lowest BCUT2D eigenvalue weighted by Crippen LogP contribution is -1.86. The number of nitrogens with zero attached hydrogens (tertiary/aromatic N) is 1. The molecule has 0 fully saturated rings. The molecule has 0 bridgehead atoms. The first-order chi connectivity index (χ1) is 4.22. The van der Waals surface area contributed by atoms with E-state index >= 15 is 0 Å². The number of aliphatic imine (C=N–C) groups is 1. The monoisotopic (exact) mass is 163 g/mol. The molecule has 0 spiro atoms. The third kappa shape index (κ3) is 3.32. The first-order valence-electron chi connectivity index (χ1n) is 2.12. The Morgan fingerprint density at radius 3 is 2.56 bits per heavy atom. The predicted molar refractivity (Wildman–Crippen MR) is 42.0 cm³/mol. The van der Waals surface area contributed by atoms with E-state index in [2.05, 4.69) is 11.7 Å².